The van der Waals surface area contributed by atoms with Gasteiger partial charge in [-0.15, -0.1) is 4.40 Å². The Morgan fingerprint density at radius 3 is 2.62 bits per heavy atom. The van der Waals surface area contributed by atoms with Gasteiger partial charge in [0.15, 0.2) is 5.75 Å². The first kappa shape index (κ1) is 16.9. The number of rotatable bonds is 2. The van der Waals surface area contributed by atoms with Gasteiger partial charge < -0.3 is 8.92 Å². The van der Waals surface area contributed by atoms with E-state index < -0.39 is 16.4 Å². The van der Waals surface area contributed by atoms with Gasteiger partial charge in [0, 0.05) is 11.5 Å². The Kier molecular flexibility index (Phi) is 4.13. The molecular formula is C19H16FNO4S. The van der Waals surface area contributed by atoms with Crippen LogP contribution >= 0.6 is 0 Å². The molecule has 2 aromatic carbocycles. The summed E-state index contributed by atoms with van der Waals surface area (Å²) in [4.78, 5) is 0. The van der Waals surface area contributed by atoms with Gasteiger partial charge in [0.05, 0.1) is 18.4 Å². The standard InChI is InChI=1S/C19H16FNO4S/c1-12-10-16(19(24-11-12)13-6-8-14(20)9-7-13)18-15-4-2-3-5-17(15)25-26(22,23)21-18/h2-9,16,19H,1,10-11H2/t16?,19-/m1/s1. The number of hydrogen-bond donors (Lipinski definition) is 0. The van der Waals surface area contributed by atoms with Gasteiger partial charge in [0.25, 0.3) is 0 Å². The Bertz CT molecular complexity index is 998. The highest BCUT2D eigenvalue weighted by Gasteiger charge is 2.38. The summed E-state index contributed by atoms with van der Waals surface area (Å²) < 4.78 is 52.3. The van der Waals surface area contributed by atoms with Crippen LogP contribution in [0.3, 0.4) is 0 Å². The minimum Gasteiger partial charge on any atom is -0.368 e. The molecule has 2 aromatic rings. The molecule has 1 unspecified atom stereocenters. The highest BCUT2D eigenvalue weighted by atomic mass is 32.2. The third-order valence-corrected chi connectivity index (χ3v) is 5.27. The molecule has 26 heavy (non-hydrogen) atoms. The highest BCUT2D eigenvalue weighted by molar-refractivity contribution is 7.86. The lowest BCUT2D eigenvalue weighted by Crippen LogP contribution is -2.33. The van der Waals surface area contributed by atoms with E-state index in [1.54, 1.807) is 36.4 Å². The second kappa shape index (κ2) is 6.34. The topological polar surface area (TPSA) is 65.0 Å². The zero-order valence-electron chi connectivity index (χ0n) is 13.8. The fraction of sp³-hybridized carbons (Fsp3) is 0.211. The zero-order valence-corrected chi connectivity index (χ0v) is 14.6. The second-order valence-electron chi connectivity index (χ2n) is 6.33. The molecule has 134 valence electrons. The molecular weight excluding hydrogens is 357 g/mol. The van der Waals surface area contributed by atoms with E-state index in [1.165, 1.54) is 12.1 Å². The lowest BCUT2D eigenvalue weighted by molar-refractivity contribution is 0.0209. The summed E-state index contributed by atoms with van der Waals surface area (Å²) in [5.41, 5.74) is 2.59. The summed E-state index contributed by atoms with van der Waals surface area (Å²) in [7, 11) is -4.08. The number of halogens is 1. The SMILES string of the molecule is C=C1CO[C@H](c2ccc(F)cc2)C(C2=NS(=O)(=O)Oc3ccccc32)C1. The van der Waals surface area contributed by atoms with Crippen molar-refractivity contribution in [3.05, 3.63) is 77.6 Å². The zero-order chi connectivity index (χ0) is 18.3. The van der Waals surface area contributed by atoms with Crippen LogP contribution in [-0.4, -0.2) is 20.7 Å². The number of hydrogen-bond acceptors (Lipinski definition) is 4. The number of ether oxygens (including phenoxy) is 1. The molecule has 2 aliphatic heterocycles. The number of benzene rings is 2. The molecule has 0 radical (unpaired) electrons. The smallest absolute Gasteiger partial charge is 0.368 e. The molecule has 5 nitrogen and oxygen atoms in total. The predicted molar refractivity (Wildman–Crippen MR) is 94.9 cm³/mol. The van der Waals surface area contributed by atoms with Gasteiger partial charge in [0.1, 0.15) is 5.82 Å². The van der Waals surface area contributed by atoms with Gasteiger partial charge in [-0.3, -0.25) is 0 Å². The summed E-state index contributed by atoms with van der Waals surface area (Å²) >= 11 is 0. The maximum absolute atomic E-state index is 13.3. The van der Waals surface area contributed by atoms with Crippen LogP contribution < -0.4 is 4.18 Å². The predicted octanol–water partition coefficient (Wildman–Crippen LogP) is 3.59. The molecule has 0 saturated carbocycles. The van der Waals surface area contributed by atoms with Crippen LogP contribution in [0, 0.1) is 11.7 Å². The maximum atomic E-state index is 13.3. The Hall–Kier alpha value is -2.51. The van der Waals surface area contributed by atoms with E-state index in [4.69, 9.17) is 8.92 Å². The molecule has 2 atom stereocenters. The lowest BCUT2D eigenvalue weighted by Gasteiger charge is -2.35. The van der Waals surface area contributed by atoms with Crippen molar-refractivity contribution in [1.29, 1.82) is 0 Å². The van der Waals surface area contributed by atoms with Crippen molar-refractivity contribution in [3.8, 4) is 5.75 Å². The molecule has 1 fully saturated rings. The van der Waals surface area contributed by atoms with Crippen LogP contribution in [0.4, 0.5) is 4.39 Å². The van der Waals surface area contributed by atoms with E-state index in [-0.39, 0.29) is 17.5 Å². The van der Waals surface area contributed by atoms with Crippen LogP contribution in [0.2, 0.25) is 0 Å². The van der Waals surface area contributed by atoms with Gasteiger partial charge in [-0.2, -0.15) is 8.42 Å². The van der Waals surface area contributed by atoms with Crippen molar-refractivity contribution in [2.75, 3.05) is 6.61 Å². The fourth-order valence-corrected chi connectivity index (χ4v) is 4.23. The molecule has 0 amide bonds. The summed E-state index contributed by atoms with van der Waals surface area (Å²) in [6, 6.07) is 12.8. The van der Waals surface area contributed by atoms with Crippen LogP contribution in [0.25, 0.3) is 0 Å². The molecule has 7 heteroatoms. The molecule has 0 aliphatic carbocycles. The summed E-state index contributed by atoms with van der Waals surface area (Å²) in [5.74, 6) is -0.477. The van der Waals surface area contributed by atoms with E-state index in [9.17, 15) is 12.8 Å². The molecule has 2 heterocycles. The monoisotopic (exact) mass is 373 g/mol. The van der Waals surface area contributed by atoms with E-state index in [2.05, 4.69) is 11.0 Å². The van der Waals surface area contributed by atoms with Gasteiger partial charge in [-0.05, 0) is 36.2 Å². The van der Waals surface area contributed by atoms with Crippen LogP contribution in [0.1, 0.15) is 23.7 Å². The Morgan fingerprint density at radius 2 is 1.85 bits per heavy atom. The summed E-state index contributed by atoms with van der Waals surface area (Å²) in [6.45, 7) is 4.33. The third kappa shape index (κ3) is 3.15. The second-order valence-corrected chi connectivity index (χ2v) is 7.53. The quantitative estimate of drug-likeness (QED) is 0.755. The average Bonchev–Trinajstić information content (AvgIpc) is 2.61. The summed E-state index contributed by atoms with van der Waals surface area (Å²) in [6.07, 6.45) is 0.0614. The molecule has 2 aliphatic rings. The van der Waals surface area contributed by atoms with Crippen LogP contribution in [0.15, 0.2) is 65.1 Å². The maximum Gasteiger partial charge on any atom is 0.428 e. The van der Waals surface area contributed by atoms with Gasteiger partial charge in [0.2, 0.25) is 0 Å². The van der Waals surface area contributed by atoms with E-state index >= 15 is 0 Å². The lowest BCUT2D eigenvalue weighted by atomic mass is 9.81. The molecule has 0 aromatic heterocycles. The largest absolute Gasteiger partial charge is 0.428 e. The van der Waals surface area contributed by atoms with Crippen molar-refractivity contribution < 1.29 is 21.7 Å². The van der Waals surface area contributed by atoms with Crippen molar-refractivity contribution in [2.45, 2.75) is 12.5 Å². The van der Waals surface area contributed by atoms with Crippen LogP contribution in [-0.2, 0) is 15.0 Å². The van der Waals surface area contributed by atoms with Crippen molar-refractivity contribution >= 4 is 16.0 Å². The number of nitrogens with zero attached hydrogens (tertiary/aromatic N) is 1. The Balaban J connectivity index is 1.83. The number of para-hydroxylation sites is 1. The molecule has 0 N–H and O–H groups in total. The molecule has 4 rings (SSSR count). The third-order valence-electron chi connectivity index (χ3n) is 4.46. The number of fused-ring (bicyclic) bond motifs is 1. The van der Waals surface area contributed by atoms with Gasteiger partial charge >= 0.3 is 10.3 Å². The van der Waals surface area contributed by atoms with E-state index in [0.717, 1.165) is 11.1 Å². The Morgan fingerprint density at radius 1 is 1.12 bits per heavy atom. The summed E-state index contributed by atoms with van der Waals surface area (Å²) in [5, 5.41) is 0. The van der Waals surface area contributed by atoms with E-state index in [1.807, 2.05) is 0 Å². The minimum absolute atomic E-state index is 0.242. The van der Waals surface area contributed by atoms with Gasteiger partial charge in [-0.1, -0.05) is 36.4 Å². The average molecular weight is 373 g/mol. The normalized spacial score (nSPS) is 24.3. The molecule has 0 spiro atoms. The molecule has 1 saturated heterocycles. The Labute approximate surface area is 151 Å². The van der Waals surface area contributed by atoms with Crippen LogP contribution in [0.5, 0.6) is 5.75 Å². The first-order valence-corrected chi connectivity index (χ1v) is 9.47. The first-order chi connectivity index (χ1) is 12.4. The van der Waals surface area contributed by atoms with Gasteiger partial charge in [-0.25, -0.2) is 4.39 Å². The van der Waals surface area contributed by atoms with Crippen molar-refractivity contribution in [2.24, 2.45) is 10.3 Å². The fourth-order valence-electron chi connectivity index (χ4n) is 3.34. The van der Waals surface area contributed by atoms with Crippen molar-refractivity contribution in [1.82, 2.24) is 0 Å². The van der Waals surface area contributed by atoms with E-state index in [0.29, 0.717) is 24.3 Å². The first-order valence-electron chi connectivity index (χ1n) is 8.10. The highest BCUT2D eigenvalue weighted by Crippen LogP contribution is 2.41. The molecule has 0 bridgehead atoms. The minimum atomic E-state index is -4.08. The van der Waals surface area contributed by atoms with Crippen molar-refractivity contribution in [3.63, 3.8) is 0 Å².